The minimum atomic E-state index is -0.463. The Labute approximate surface area is 175 Å². The van der Waals surface area contributed by atoms with Gasteiger partial charge in [-0.25, -0.2) is 9.78 Å². The summed E-state index contributed by atoms with van der Waals surface area (Å²) >= 11 is 7.42. The van der Waals surface area contributed by atoms with Gasteiger partial charge in [0.15, 0.2) is 0 Å². The van der Waals surface area contributed by atoms with Crippen molar-refractivity contribution in [3.63, 3.8) is 0 Å². The Balaban J connectivity index is 1.65. The lowest BCUT2D eigenvalue weighted by Crippen LogP contribution is -2.02. The number of nitriles is 1. The summed E-state index contributed by atoms with van der Waals surface area (Å²) in [4.78, 5) is 16.8. The van der Waals surface area contributed by atoms with E-state index >= 15 is 0 Å². The van der Waals surface area contributed by atoms with Crippen LogP contribution in [0.4, 0.5) is 5.69 Å². The number of anilines is 1. The quantitative estimate of drug-likeness (QED) is 0.331. The molecule has 0 aliphatic heterocycles. The first-order chi connectivity index (χ1) is 14.0. The van der Waals surface area contributed by atoms with Gasteiger partial charge in [0.1, 0.15) is 22.2 Å². The van der Waals surface area contributed by atoms with Gasteiger partial charge < -0.3 is 9.73 Å². The summed E-state index contributed by atoms with van der Waals surface area (Å²) in [5, 5.41) is 16.3. The molecule has 29 heavy (non-hydrogen) atoms. The normalized spacial score (nSPS) is 11.4. The maximum Gasteiger partial charge on any atom is 0.345 e. The van der Waals surface area contributed by atoms with Gasteiger partial charge in [-0.3, -0.25) is 0 Å². The molecule has 7 heteroatoms. The highest BCUT2D eigenvalue weighted by Crippen LogP contribution is 2.27. The number of aryl methyl sites for hydroxylation is 1. The lowest BCUT2D eigenvalue weighted by molar-refractivity contribution is 0.563. The zero-order valence-electron chi connectivity index (χ0n) is 15.3. The molecule has 0 aliphatic carbocycles. The van der Waals surface area contributed by atoms with Crippen LogP contribution in [0.15, 0.2) is 69.3 Å². The Hall–Kier alpha value is -3.40. The number of thiazole rings is 1. The van der Waals surface area contributed by atoms with Crippen LogP contribution in [0.2, 0.25) is 5.02 Å². The third-order valence-electron chi connectivity index (χ3n) is 4.33. The van der Waals surface area contributed by atoms with E-state index in [4.69, 9.17) is 16.0 Å². The molecule has 0 amide bonds. The maximum absolute atomic E-state index is 12.3. The molecule has 5 nitrogen and oxygen atoms in total. The van der Waals surface area contributed by atoms with E-state index in [-0.39, 0.29) is 0 Å². The van der Waals surface area contributed by atoms with Crippen LogP contribution in [-0.4, -0.2) is 4.98 Å². The van der Waals surface area contributed by atoms with Crippen molar-refractivity contribution >= 4 is 45.2 Å². The molecule has 0 spiro atoms. The molecule has 2 heterocycles. The number of rotatable bonds is 4. The van der Waals surface area contributed by atoms with Crippen molar-refractivity contribution in [1.29, 1.82) is 5.26 Å². The molecule has 0 radical (unpaired) electrons. The van der Waals surface area contributed by atoms with E-state index in [0.29, 0.717) is 32.4 Å². The van der Waals surface area contributed by atoms with E-state index in [1.165, 1.54) is 11.3 Å². The molecule has 0 fully saturated rings. The predicted octanol–water partition coefficient (Wildman–Crippen LogP) is 5.85. The molecule has 4 rings (SSSR count). The van der Waals surface area contributed by atoms with Crippen LogP contribution >= 0.6 is 22.9 Å². The Morgan fingerprint density at radius 3 is 2.90 bits per heavy atom. The van der Waals surface area contributed by atoms with Gasteiger partial charge in [-0.1, -0.05) is 35.9 Å². The lowest BCUT2D eigenvalue weighted by Gasteiger charge is -2.04. The molecule has 0 bridgehead atoms. The average Bonchev–Trinajstić information content (AvgIpc) is 3.20. The van der Waals surface area contributed by atoms with Crippen LogP contribution in [-0.2, 0) is 0 Å². The first kappa shape index (κ1) is 18.9. The predicted molar refractivity (Wildman–Crippen MR) is 117 cm³/mol. The molecule has 0 unspecified atom stereocenters. The van der Waals surface area contributed by atoms with Crippen molar-refractivity contribution in [3.05, 3.63) is 86.1 Å². The first-order valence-corrected chi connectivity index (χ1v) is 9.93. The van der Waals surface area contributed by atoms with E-state index in [2.05, 4.69) is 16.4 Å². The fourth-order valence-electron chi connectivity index (χ4n) is 2.74. The van der Waals surface area contributed by atoms with Gasteiger partial charge in [0.25, 0.3) is 0 Å². The maximum atomic E-state index is 12.3. The van der Waals surface area contributed by atoms with Crippen molar-refractivity contribution in [2.45, 2.75) is 6.92 Å². The molecule has 2 aromatic heterocycles. The smallest absolute Gasteiger partial charge is 0.345 e. The number of nitrogens with zero attached hydrogens (tertiary/aromatic N) is 2. The fraction of sp³-hybridized carbons (Fsp3) is 0.0455. The van der Waals surface area contributed by atoms with Crippen molar-refractivity contribution in [2.75, 3.05) is 5.32 Å². The van der Waals surface area contributed by atoms with Gasteiger partial charge >= 0.3 is 5.63 Å². The number of para-hydroxylation sites is 1. The molecular weight excluding hydrogens is 406 g/mol. The molecule has 1 N–H and O–H groups in total. The Kier molecular flexibility index (Phi) is 5.17. The van der Waals surface area contributed by atoms with Gasteiger partial charge in [-0.2, -0.15) is 5.26 Å². The lowest BCUT2D eigenvalue weighted by atomic mass is 10.1. The fourth-order valence-corrected chi connectivity index (χ4v) is 3.71. The highest BCUT2D eigenvalue weighted by molar-refractivity contribution is 7.11. The Morgan fingerprint density at radius 2 is 2.10 bits per heavy atom. The number of nitrogens with one attached hydrogen (secondary N) is 1. The van der Waals surface area contributed by atoms with Gasteiger partial charge in [0.05, 0.1) is 11.3 Å². The third-order valence-corrected chi connectivity index (χ3v) is 5.61. The first-order valence-electron chi connectivity index (χ1n) is 8.67. The number of halogens is 1. The van der Waals surface area contributed by atoms with Crippen molar-refractivity contribution in [1.82, 2.24) is 4.98 Å². The monoisotopic (exact) mass is 419 g/mol. The second-order valence-electron chi connectivity index (χ2n) is 6.30. The van der Waals surface area contributed by atoms with Gasteiger partial charge in [0, 0.05) is 27.7 Å². The minimum Gasteiger partial charge on any atom is -0.422 e. The summed E-state index contributed by atoms with van der Waals surface area (Å²) in [6.07, 6.45) is 1.58. The zero-order valence-corrected chi connectivity index (χ0v) is 16.8. The van der Waals surface area contributed by atoms with Crippen molar-refractivity contribution in [2.24, 2.45) is 0 Å². The summed E-state index contributed by atoms with van der Waals surface area (Å²) in [6, 6.07) is 16.7. The van der Waals surface area contributed by atoms with E-state index in [1.807, 2.05) is 37.3 Å². The van der Waals surface area contributed by atoms with Crippen molar-refractivity contribution in [3.8, 4) is 17.3 Å². The van der Waals surface area contributed by atoms with Gasteiger partial charge in [-0.15, -0.1) is 11.3 Å². The van der Waals surface area contributed by atoms with Crippen molar-refractivity contribution < 1.29 is 4.42 Å². The standard InChI is InChI=1S/C22H14ClN3O2S/c1-13-6-7-16(9-18(13)23)25-11-15(10-24)21-26-19(12-29-21)17-8-14-4-2-3-5-20(14)28-22(17)27/h2-9,11-12,25H,1H3/b15-11-. The van der Waals surface area contributed by atoms with Crippen LogP contribution < -0.4 is 10.9 Å². The summed E-state index contributed by atoms with van der Waals surface area (Å²) in [5.41, 5.74) is 2.99. The van der Waals surface area contributed by atoms with Gasteiger partial charge in [0.2, 0.25) is 0 Å². The van der Waals surface area contributed by atoms with E-state index in [1.54, 1.807) is 29.8 Å². The summed E-state index contributed by atoms with van der Waals surface area (Å²) in [7, 11) is 0. The van der Waals surface area contributed by atoms with Crippen LogP contribution in [0.3, 0.4) is 0 Å². The van der Waals surface area contributed by atoms with Gasteiger partial charge in [-0.05, 0) is 36.8 Å². The molecule has 4 aromatic rings. The van der Waals surface area contributed by atoms with Crippen LogP contribution in [0.25, 0.3) is 27.8 Å². The zero-order chi connectivity index (χ0) is 20.4. The largest absolute Gasteiger partial charge is 0.422 e. The highest BCUT2D eigenvalue weighted by atomic mass is 35.5. The number of aromatic nitrogens is 1. The Morgan fingerprint density at radius 1 is 1.28 bits per heavy atom. The number of allylic oxidation sites excluding steroid dienone is 1. The second-order valence-corrected chi connectivity index (χ2v) is 7.57. The van der Waals surface area contributed by atoms with Crippen LogP contribution in [0.5, 0.6) is 0 Å². The molecule has 2 aromatic carbocycles. The van der Waals surface area contributed by atoms with E-state index in [9.17, 15) is 10.1 Å². The van der Waals surface area contributed by atoms with Crippen LogP contribution in [0, 0.1) is 18.3 Å². The third kappa shape index (κ3) is 3.92. The molecule has 0 saturated carbocycles. The minimum absolute atomic E-state index is 0.350. The van der Waals surface area contributed by atoms with Crippen LogP contribution in [0.1, 0.15) is 10.6 Å². The van der Waals surface area contributed by atoms with E-state index in [0.717, 1.165) is 16.6 Å². The molecule has 142 valence electrons. The summed E-state index contributed by atoms with van der Waals surface area (Å²) in [5.74, 6) is 0. The highest BCUT2D eigenvalue weighted by Gasteiger charge is 2.13. The second kappa shape index (κ2) is 7.92. The number of benzene rings is 2. The number of fused-ring (bicyclic) bond motifs is 1. The Bertz CT molecular complexity index is 1350. The summed E-state index contributed by atoms with van der Waals surface area (Å²) < 4.78 is 5.37. The summed E-state index contributed by atoms with van der Waals surface area (Å²) in [6.45, 7) is 1.92. The van der Waals surface area contributed by atoms with E-state index < -0.39 is 5.63 Å². The molecule has 0 saturated heterocycles. The molecule has 0 aliphatic rings. The molecule has 0 atom stereocenters. The average molecular weight is 420 g/mol. The SMILES string of the molecule is Cc1ccc(N/C=C(/C#N)c2nc(-c3cc4ccccc4oc3=O)cs2)cc1Cl. The topological polar surface area (TPSA) is 78.9 Å². The molecular formula is C22H14ClN3O2S. The number of hydrogen-bond acceptors (Lipinski definition) is 6. The number of hydrogen-bond donors (Lipinski definition) is 1.